The SMILES string of the molecule is CCCCn1nc(-c2ccc(C(=O)O)cc2)cc1-c1cccc(OC)c1OC. The lowest BCUT2D eigenvalue weighted by Gasteiger charge is -2.13. The summed E-state index contributed by atoms with van der Waals surface area (Å²) in [5, 5.41) is 13.9. The number of unbranched alkanes of at least 4 members (excludes halogenated alkanes) is 1. The van der Waals surface area contributed by atoms with Gasteiger partial charge in [-0.25, -0.2) is 4.79 Å². The normalized spacial score (nSPS) is 10.7. The summed E-state index contributed by atoms with van der Waals surface area (Å²) in [5.41, 5.74) is 3.74. The molecule has 0 unspecified atom stereocenters. The molecule has 28 heavy (non-hydrogen) atoms. The molecule has 0 bridgehead atoms. The number of aryl methyl sites for hydroxylation is 1. The average Bonchev–Trinajstić information content (AvgIpc) is 3.15. The summed E-state index contributed by atoms with van der Waals surface area (Å²) in [6.45, 7) is 2.92. The van der Waals surface area contributed by atoms with E-state index in [1.807, 2.05) is 28.9 Å². The predicted octanol–water partition coefficient (Wildman–Crippen LogP) is 4.73. The number of para-hydroxylation sites is 1. The van der Waals surface area contributed by atoms with Crippen LogP contribution in [0.2, 0.25) is 0 Å². The lowest BCUT2D eigenvalue weighted by molar-refractivity contribution is 0.0697. The second kappa shape index (κ2) is 8.61. The number of methoxy groups -OCH3 is 2. The van der Waals surface area contributed by atoms with Gasteiger partial charge in [-0.3, -0.25) is 4.68 Å². The van der Waals surface area contributed by atoms with Crippen molar-refractivity contribution in [3.8, 4) is 34.0 Å². The van der Waals surface area contributed by atoms with Gasteiger partial charge in [-0.2, -0.15) is 5.10 Å². The molecule has 0 spiro atoms. The number of benzene rings is 2. The molecule has 3 aromatic rings. The minimum Gasteiger partial charge on any atom is -0.493 e. The Morgan fingerprint density at radius 1 is 1.11 bits per heavy atom. The van der Waals surface area contributed by atoms with Gasteiger partial charge in [-0.1, -0.05) is 31.5 Å². The van der Waals surface area contributed by atoms with Crippen LogP contribution in [0, 0.1) is 0 Å². The van der Waals surface area contributed by atoms with E-state index in [1.165, 1.54) is 0 Å². The molecule has 0 aliphatic heterocycles. The molecular weight excluding hydrogens is 356 g/mol. The van der Waals surface area contributed by atoms with Gasteiger partial charge in [-0.15, -0.1) is 0 Å². The molecule has 2 aromatic carbocycles. The Bertz CT molecular complexity index is 961. The summed E-state index contributed by atoms with van der Waals surface area (Å²) < 4.78 is 13.0. The molecule has 6 heteroatoms. The molecule has 1 N–H and O–H groups in total. The van der Waals surface area contributed by atoms with Gasteiger partial charge in [0.25, 0.3) is 0 Å². The van der Waals surface area contributed by atoms with Crippen molar-refractivity contribution in [2.75, 3.05) is 14.2 Å². The van der Waals surface area contributed by atoms with Crippen molar-refractivity contribution in [2.24, 2.45) is 0 Å². The van der Waals surface area contributed by atoms with Gasteiger partial charge in [0.2, 0.25) is 0 Å². The maximum Gasteiger partial charge on any atom is 0.335 e. The van der Waals surface area contributed by atoms with Gasteiger partial charge in [0, 0.05) is 17.7 Å². The van der Waals surface area contributed by atoms with Crippen molar-refractivity contribution in [2.45, 2.75) is 26.3 Å². The molecule has 1 aromatic heterocycles. The Morgan fingerprint density at radius 2 is 1.86 bits per heavy atom. The van der Waals surface area contributed by atoms with Gasteiger partial charge in [0.05, 0.1) is 31.2 Å². The Morgan fingerprint density at radius 3 is 2.46 bits per heavy atom. The molecule has 0 radical (unpaired) electrons. The maximum absolute atomic E-state index is 11.1. The fraction of sp³-hybridized carbons (Fsp3) is 0.273. The van der Waals surface area contributed by atoms with Crippen LogP contribution in [0.1, 0.15) is 30.1 Å². The number of aromatic carboxylic acids is 1. The van der Waals surface area contributed by atoms with Gasteiger partial charge >= 0.3 is 5.97 Å². The molecule has 6 nitrogen and oxygen atoms in total. The van der Waals surface area contributed by atoms with Crippen LogP contribution in [0.5, 0.6) is 11.5 Å². The summed E-state index contributed by atoms with van der Waals surface area (Å²) in [4.78, 5) is 11.1. The van der Waals surface area contributed by atoms with E-state index in [-0.39, 0.29) is 5.56 Å². The zero-order chi connectivity index (χ0) is 20.1. The van der Waals surface area contributed by atoms with Crippen LogP contribution in [0.15, 0.2) is 48.5 Å². The van der Waals surface area contributed by atoms with Crippen molar-refractivity contribution < 1.29 is 19.4 Å². The zero-order valence-electron chi connectivity index (χ0n) is 16.3. The number of ether oxygens (including phenoxy) is 2. The Balaban J connectivity index is 2.10. The van der Waals surface area contributed by atoms with E-state index < -0.39 is 5.97 Å². The number of carboxylic acid groups (broad SMARTS) is 1. The number of carboxylic acids is 1. The first-order valence-electron chi connectivity index (χ1n) is 9.22. The lowest BCUT2D eigenvalue weighted by atomic mass is 10.1. The van der Waals surface area contributed by atoms with Crippen LogP contribution in [0.3, 0.4) is 0 Å². The largest absolute Gasteiger partial charge is 0.493 e. The van der Waals surface area contributed by atoms with Crippen molar-refractivity contribution in [3.05, 3.63) is 54.1 Å². The van der Waals surface area contributed by atoms with Gasteiger partial charge < -0.3 is 14.6 Å². The van der Waals surface area contributed by atoms with E-state index in [2.05, 4.69) is 6.92 Å². The Labute approximate surface area is 164 Å². The minimum atomic E-state index is -0.943. The highest BCUT2D eigenvalue weighted by atomic mass is 16.5. The van der Waals surface area contributed by atoms with Crippen molar-refractivity contribution in [3.63, 3.8) is 0 Å². The van der Waals surface area contributed by atoms with E-state index in [1.54, 1.807) is 38.5 Å². The maximum atomic E-state index is 11.1. The quantitative estimate of drug-likeness (QED) is 0.611. The van der Waals surface area contributed by atoms with Crippen LogP contribution in [-0.4, -0.2) is 35.1 Å². The molecule has 146 valence electrons. The monoisotopic (exact) mass is 380 g/mol. The van der Waals surface area contributed by atoms with Crippen molar-refractivity contribution >= 4 is 5.97 Å². The average molecular weight is 380 g/mol. The summed E-state index contributed by atoms with van der Waals surface area (Å²) in [6.07, 6.45) is 2.05. The molecule has 0 fully saturated rings. The van der Waals surface area contributed by atoms with Crippen LogP contribution >= 0.6 is 0 Å². The molecule has 1 heterocycles. The Hall–Kier alpha value is -3.28. The molecular formula is C22H24N2O4. The van der Waals surface area contributed by atoms with Crippen LogP contribution < -0.4 is 9.47 Å². The molecule has 0 saturated carbocycles. The first-order valence-corrected chi connectivity index (χ1v) is 9.22. The van der Waals surface area contributed by atoms with E-state index in [9.17, 15) is 4.79 Å². The first kappa shape index (κ1) is 19.5. The molecule has 0 atom stereocenters. The van der Waals surface area contributed by atoms with Crippen LogP contribution in [0.4, 0.5) is 0 Å². The fourth-order valence-corrected chi connectivity index (χ4v) is 3.13. The molecule has 0 aliphatic rings. The molecule has 0 aliphatic carbocycles. The number of carbonyl (C=O) groups is 1. The van der Waals surface area contributed by atoms with E-state index >= 15 is 0 Å². The second-order valence-electron chi connectivity index (χ2n) is 6.42. The third-order valence-electron chi connectivity index (χ3n) is 4.61. The summed E-state index contributed by atoms with van der Waals surface area (Å²) >= 11 is 0. The number of hydrogen-bond acceptors (Lipinski definition) is 4. The smallest absolute Gasteiger partial charge is 0.335 e. The van der Waals surface area contributed by atoms with Crippen molar-refractivity contribution in [1.82, 2.24) is 9.78 Å². The van der Waals surface area contributed by atoms with E-state index in [0.29, 0.717) is 11.5 Å². The number of nitrogens with zero attached hydrogens (tertiary/aromatic N) is 2. The highest BCUT2D eigenvalue weighted by Gasteiger charge is 2.18. The van der Waals surface area contributed by atoms with E-state index in [4.69, 9.17) is 19.7 Å². The third-order valence-corrected chi connectivity index (χ3v) is 4.61. The third kappa shape index (κ3) is 3.86. The lowest BCUT2D eigenvalue weighted by Crippen LogP contribution is -2.03. The second-order valence-corrected chi connectivity index (χ2v) is 6.42. The molecule has 0 amide bonds. The summed E-state index contributed by atoms with van der Waals surface area (Å²) in [6, 6.07) is 14.5. The molecule has 3 rings (SSSR count). The standard InChI is InChI=1S/C22H24N2O4/c1-4-5-13-24-19(17-7-6-8-20(27-2)21(17)28-3)14-18(23-24)15-9-11-16(12-10-15)22(25)26/h6-12,14H,4-5,13H2,1-3H3,(H,25,26). The minimum absolute atomic E-state index is 0.254. The number of aromatic nitrogens is 2. The van der Waals surface area contributed by atoms with Crippen LogP contribution in [-0.2, 0) is 6.54 Å². The number of rotatable bonds is 8. The van der Waals surface area contributed by atoms with E-state index in [0.717, 1.165) is 41.9 Å². The van der Waals surface area contributed by atoms with Gasteiger partial charge in [0.15, 0.2) is 11.5 Å². The van der Waals surface area contributed by atoms with Crippen LogP contribution in [0.25, 0.3) is 22.5 Å². The summed E-state index contributed by atoms with van der Waals surface area (Å²) in [5.74, 6) is 0.382. The first-order chi connectivity index (χ1) is 13.6. The van der Waals surface area contributed by atoms with Gasteiger partial charge in [-0.05, 0) is 36.8 Å². The summed E-state index contributed by atoms with van der Waals surface area (Å²) in [7, 11) is 3.24. The Kier molecular flexibility index (Phi) is 5.99. The molecule has 0 saturated heterocycles. The zero-order valence-corrected chi connectivity index (χ0v) is 16.3. The highest BCUT2D eigenvalue weighted by molar-refractivity contribution is 5.88. The van der Waals surface area contributed by atoms with Gasteiger partial charge in [0.1, 0.15) is 0 Å². The predicted molar refractivity (Wildman–Crippen MR) is 108 cm³/mol. The highest BCUT2D eigenvalue weighted by Crippen LogP contribution is 2.39. The number of hydrogen-bond donors (Lipinski definition) is 1. The topological polar surface area (TPSA) is 73.6 Å². The fourth-order valence-electron chi connectivity index (χ4n) is 3.13. The van der Waals surface area contributed by atoms with Crippen molar-refractivity contribution in [1.29, 1.82) is 0 Å².